The number of carbonyl (C=O) groups is 1. The Labute approximate surface area is 83.8 Å². The topological polar surface area (TPSA) is 84.7 Å². The van der Waals surface area contributed by atoms with Crippen LogP contribution in [-0.2, 0) is 4.79 Å². The molecule has 1 aromatic carbocycles. The second-order valence-electron chi connectivity index (χ2n) is 2.92. The summed E-state index contributed by atoms with van der Waals surface area (Å²) in [5.74, 6) is -1.11. The van der Waals surface area contributed by atoms with Crippen LogP contribution >= 0.6 is 0 Å². The maximum atomic E-state index is 13.4. The van der Waals surface area contributed by atoms with E-state index in [1.54, 1.807) is 0 Å². The van der Waals surface area contributed by atoms with Gasteiger partial charge in [0.2, 0.25) is 5.91 Å². The normalized spacial score (nSPS) is 11.3. The molecule has 0 aliphatic carbocycles. The summed E-state index contributed by atoms with van der Waals surface area (Å²) in [7, 11) is 0. The summed E-state index contributed by atoms with van der Waals surface area (Å²) in [6.45, 7) is 0. The molecule has 1 heterocycles. The van der Waals surface area contributed by atoms with Gasteiger partial charge in [0.15, 0.2) is 0 Å². The average molecular weight is 206 g/mol. The highest BCUT2D eigenvalue weighted by molar-refractivity contribution is 5.91. The van der Waals surface area contributed by atoms with Crippen molar-refractivity contribution in [3.8, 4) is 0 Å². The van der Waals surface area contributed by atoms with Crippen LogP contribution in [0.1, 0.15) is 5.56 Å². The summed E-state index contributed by atoms with van der Waals surface area (Å²) >= 11 is 0. The molecular formula is C9H7FN4O. The van der Waals surface area contributed by atoms with Crippen molar-refractivity contribution in [3.63, 3.8) is 0 Å². The molecule has 1 aromatic heterocycles. The zero-order valence-electron chi connectivity index (χ0n) is 7.57. The molecule has 0 unspecified atom stereocenters. The Morgan fingerprint density at radius 1 is 1.40 bits per heavy atom. The number of fused-ring (bicyclic) bond motifs is 1. The number of nitrogens with zero attached hydrogens (tertiary/aromatic N) is 2. The summed E-state index contributed by atoms with van der Waals surface area (Å²) in [5, 5.41) is 9.89. The van der Waals surface area contributed by atoms with Gasteiger partial charge in [0, 0.05) is 17.7 Å². The summed E-state index contributed by atoms with van der Waals surface area (Å²) < 4.78 is 13.4. The predicted octanol–water partition coefficient (Wildman–Crippen LogP) is 0.596. The number of nitrogens with one attached hydrogen (secondary N) is 1. The summed E-state index contributed by atoms with van der Waals surface area (Å²) in [4.78, 5) is 10.5. The van der Waals surface area contributed by atoms with Crippen LogP contribution in [0.15, 0.2) is 18.2 Å². The quantitative estimate of drug-likeness (QED) is 0.705. The summed E-state index contributed by atoms with van der Waals surface area (Å²) in [6, 6.07) is 2.72. The molecule has 0 saturated heterocycles. The predicted molar refractivity (Wildman–Crippen MR) is 52.1 cm³/mol. The van der Waals surface area contributed by atoms with E-state index >= 15 is 0 Å². The van der Waals surface area contributed by atoms with E-state index in [0.29, 0.717) is 11.0 Å². The van der Waals surface area contributed by atoms with Crippen LogP contribution < -0.4 is 5.73 Å². The van der Waals surface area contributed by atoms with Crippen LogP contribution in [-0.4, -0.2) is 21.3 Å². The van der Waals surface area contributed by atoms with Crippen molar-refractivity contribution in [1.29, 1.82) is 0 Å². The number of hydrogen-bond donors (Lipinski definition) is 2. The van der Waals surface area contributed by atoms with Gasteiger partial charge in [-0.05, 0) is 12.1 Å². The van der Waals surface area contributed by atoms with Crippen LogP contribution in [0, 0.1) is 5.82 Å². The molecule has 0 atom stereocenters. The van der Waals surface area contributed by atoms with Gasteiger partial charge in [0.05, 0.1) is 0 Å². The molecule has 0 fully saturated rings. The number of nitrogens with two attached hydrogens (primary N) is 1. The average Bonchev–Trinajstić information content (AvgIpc) is 2.60. The summed E-state index contributed by atoms with van der Waals surface area (Å²) in [6.07, 6.45) is 2.39. The van der Waals surface area contributed by atoms with Gasteiger partial charge in [0.1, 0.15) is 16.9 Å². The van der Waals surface area contributed by atoms with Crippen molar-refractivity contribution in [2.24, 2.45) is 5.73 Å². The smallest absolute Gasteiger partial charge is 0.241 e. The van der Waals surface area contributed by atoms with Crippen LogP contribution in [0.4, 0.5) is 4.39 Å². The van der Waals surface area contributed by atoms with Crippen LogP contribution in [0.5, 0.6) is 0 Å². The molecule has 6 heteroatoms. The van der Waals surface area contributed by atoms with Gasteiger partial charge < -0.3 is 5.73 Å². The van der Waals surface area contributed by atoms with Gasteiger partial charge in [0.25, 0.3) is 0 Å². The zero-order chi connectivity index (χ0) is 10.8. The van der Waals surface area contributed by atoms with Crippen LogP contribution in [0.3, 0.4) is 0 Å². The largest absolute Gasteiger partial charge is 0.366 e. The lowest BCUT2D eigenvalue weighted by Crippen LogP contribution is -2.05. The lowest BCUT2D eigenvalue weighted by molar-refractivity contribution is -0.113. The number of H-pyrrole nitrogens is 1. The number of halogens is 1. The first-order valence-electron chi connectivity index (χ1n) is 4.14. The summed E-state index contributed by atoms with van der Waals surface area (Å²) in [5.41, 5.74) is 6.11. The van der Waals surface area contributed by atoms with E-state index in [1.165, 1.54) is 18.2 Å². The first-order chi connectivity index (χ1) is 7.16. The van der Waals surface area contributed by atoms with Crippen molar-refractivity contribution in [2.75, 3.05) is 0 Å². The minimum atomic E-state index is -0.630. The molecule has 0 saturated carbocycles. The monoisotopic (exact) mass is 206 g/mol. The van der Waals surface area contributed by atoms with E-state index in [2.05, 4.69) is 15.4 Å². The maximum absolute atomic E-state index is 13.4. The minimum Gasteiger partial charge on any atom is -0.366 e. The van der Waals surface area contributed by atoms with Crippen LogP contribution in [0.25, 0.3) is 17.1 Å². The molecule has 1 amide bonds. The number of hydrogen-bond acceptors (Lipinski definition) is 3. The third-order valence-electron chi connectivity index (χ3n) is 1.86. The van der Waals surface area contributed by atoms with E-state index in [9.17, 15) is 9.18 Å². The Balaban J connectivity index is 2.50. The Morgan fingerprint density at radius 2 is 2.07 bits per heavy atom. The second kappa shape index (κ2) is 3.49. The molecule has 3 N–H and O–H groups in total. The SMILES string of the molecule is NC(=O)C=Cc1cc2n[nH]nc2cc1F. The number of carbonyl (C=O) groups excluding carboxylic acids is 1. The number of aromatic nitrogens is 3. The van der Waals surface area contributed by atoms with Gasteiger partial charge in [-0.15, -0.1) is 0 Å². The van der Waals surface area contributed by atoms with Crippen LogP contribution in [0.2, 0.25) is 0 Å². The number of amides is 1. The highest BCUT2D eigenvalue weighted by Gasteiger charge is 2.04. The highest BCUT2D eigenvalue weighted by Crippen LogP contribution is 2.16. The lowest BCUT2D eigenvalue weighted by atomic mass is 10.1. The molecule has 0 spiro atoms. The number of rotatable bonds is 2. The fourth-order valence-corrected chi connectivity index (χ4v) is 1.18. The van der Waals surface area contributed by atoms with Gasteiger partial charge in [-0.25, -0.2) is 4.39 Å². The van der Waals surface area contributed by atoms with Crippen molar-refractivity contribution < 1.29 is 9.18 Å². The molecule has 76 valence electrons. The van der Waals surface area contributed by atoms with E-state index < -0.39 is 11.7 Å². The Morgan fingerprint density at radius 3 is 2.73 bits per heavy atom. The molecule has 5 nitrogen and oxygen atoms in total. The van der Waals surface area contributed by atoms with Gasteiger partial charge in [-0.2, -0.15) is 15.4 Å². The third kappa shape index (κ3) is 1.83. The highest BCUT2D eigenvalue weighted by atomic mass is 19.1. The molecule has 0 bridgehead atoms. The van der Waals surface area contributed by atoms with Crippen molar-refractivity contribution in [1.82, 2.24) is 15.4 Å². The number of benzene rings is 1. The Kier molecular flexibility index (Phi) is 2.17. The first kappa shape index (κ1) is 9.32. The molecular weight excluding hydrogens is 199 g/mol. The van der Waals surface area contributed by atoms with E-state index in [0.717, 1.165) is 6.08 Å². The minimum absolute atomic E-state index is 0.246. The van der Waals surface area contributed by atoms with E-state index in [-0.39, 0.29) is 5.56 Å². The maximum Gasteiger partial charge on any atom is 0.241 e. The molecule has 0 radical (unpaired) electrons. The van der Waals surface area contributed by atoms with Crippen molar-refractivity contribution in [2.45, 2.75) is 0 Å². The molecule has 2 aromatic rings. The molecule has 0 aliphatic heterocycles. The molecule has 0 aliphatic rings. The molecule has 15 heavy (non-hydrogen) atoms. The molecule has 2 rings (SSSR count). The van der Waals surface area contributed by atoms with Crippen molar-refractivity contribution in [3.05, 3.63) is 29.6 Å². The van der Waals surface area contributed by atoms with Gasteiger partial charge in [-0.3, -0.25) is 4.79 Å². The Bertz CT molecular complexity index is 546. The Hall–Kier alpha value is -2.24. The second-order valence-corrected chi connectivity index (χ2v) is 2.92. The number of primary amides is 1. The van der Waals surface area contributed by atoms with E-state index in [1.807, 2.05) is 0 Å². The van der Waals surface area contributed by atoms with Gasteiger partial charge in [-0.1, -0.05) is 0 Å². The number of aromatic amines is 1. The standard InChI is InChI=1S/C9H7FN4O/c10-6-4-8-7(12-14-13-8)3-5(6)1-2-9(11)15/h1-4H,(H2,11,15)(H,12,13,14). The van der Waals surface area contributed by atoms with Crippen molar-refractivity contribution >= 4 is 23.0 Å². The van der Waals surface area contributed by atoms with E-state index in [4.69, 9.17) is 5.73 Å². The zero-order valence-corrected chi connectivity index (χ0v) is 7.57. The fraction of sp³-hybridized carbons (Fsp3) is 0. The third-order valence-corrected chi connectivity index (χ3v) is 1.86. The lowest BCUT2D eigenvalue weighted by Gasteiger charge is -1.95. The van der Waals surface area contributed by atoms with Gasteiger partial charge >= 0.3 is 0 Å². The fourth-order valence-electron chi connectivity index (χ4n) is 1.18. The first-order valence-corrected chi connectivity index (χ1v) is 4.14.